The third-order valence-electron chi connectivity index (χ3n) is 2.27. The van der Waals surface area contributed by atoms with Crippen LogP contribution in [0.4, 0.5) is 0 Å². The molecule has 0 saturated carbocycles. The van der Waals surface area contributed by atoms with Crippen molar-refractivity contribution >= 4 is 17.3 Å². The molecule has 0 saturated heterocycles. The SMILES string of the molecule is COc1ccc(-c2nc(C)c(CC(=O)O)s2)nn1. The van der Waals surface area contributed by atoms with E-state index in [1.807, 2.05) is 0 Å². The Hall–Kier alpha value is -2.02. The summed E-state index contributed by atoms with van der Waals surface area (Å²) in [5, 5.41) is 17.3. The normalized spacial score (nSPS) is 10.3. The lowest BCUT2D eigenvalue weighted by Gasteiger charge is -1.97. The molecule has 7 heteroatoms. The molecule has 6 nitrogen and oxygen atoms in total. The minimum Gasteiger partial charge on any atom is -0.481 e. The molecule has 0 atom stereocenters. The second-order valence-electron chi connectivity index (χ2n) is 3.56. The Morgan fingerprint density at radius 1 is 1.44 bits per heavy atom. The Balaban J connectivity index is 2.30. The molecule has 0 aliphatic rings. The lowest BCUT2D eigenvalue weighted by Crippen LogP contribution is -1.99. The summed E-state index contributed by atoms with van der Waals surface area (Å²) in [4.78, 5) is 15.7. The van der Waals surface area contributed by atoms with Crippen LogP contribution in [-0.4, -0.2) is 33.4 Å². The largest absolute Gasteiger partial charge is 0.481 e. The quantitative estimate of drug-likeness (QED) is 0.902. The molecule has 2 aromatic heterocycles. The number of nitrogens with zero attached hydrogens (tertiary/aromatic N) is 3. The summed E-state index contributed by atoms with van der Waals surface area (Å²) in [6.45, 7) is 1.79. The van der Waals surface area contributed by atoms with Crippen LogP contribution in [0.15, 0.2) is 12.1 Å². The lowest BCUT2D eigenvalue weighted by atomic mass is 10.3. The number of aryl methyl sites for hydroxylation is 1. The standard InChI is InChI=1S/C11H11N3O3S/c1-6-8(5-10(15)16)18-11(12-6)7-3-4-9(17-2)14-13-7/h3-4H,5H2,1-2H3,(H,15,16). The van der Waals surface area contributed by atoms with Crippen molar-refractivity contribution < 1.29 is 14.6 Å². The Bertz CT molecular complexity index is 565. The number of rotatable bonds is 4. The molecule has 0 aromatic carbocycles. The number of methoxy groups -OCH3 is 1. The number of ether oxygens (including phenoxy) is 1. The van der Waals surface area contributed by atoms with Gasteiger partial charge in [-0.1, -0.05) is 0 Å². The van der Waals surface area contributed by atoms with Gasteiger partial charge in [-0.3, -0.25) is 4.79 Å². The number of carboxylic acids is 1. The summed E-state index contributed by atoms with van der Waals surface area (Å²) in [7, 11) is 1.52. The van der Waals surface area contributed by atoms with E-state index in [0.717, 1.165) is 10.6 Å². The number of thiazole rings is 1. The van der Waals surface area contributed by atoms with E-state index in [0.29, 0.717) is 16.6 Å². The van der Waals surface area contributed by atoms with Gasteiger partial charge in [0, 0.05) is 10.9 Å². The van der Waals surface area contributed by atoms with Gasteiger partial charge < -0.3 is 9.84 Å². The van der Waals surface area contributed by atoms with Crippen molar-refractivity contribution in [2.75, 3.05) is 7.11 Å². The van der Waals surface area contributed by atoms with E-state index < -0.39 is 5.97 Å². The first-order valence-corrected chi connectivity index (χ1v) is 5.98. The van der Waals surface area contributed by atoms with Crippen molar-refractivity contribution in [2.45, 2.75) is 13.3 Å². The van der Waals surface area contributed by atoms with Gasteiger partial charge in [-0.25, -0.2) is 4.98 Å². The number of aromatic nitrogens is 3. The van der Waals surface area contributed by atoms with E-state index in [1.54, 1.807) is 19.1 Å². The van der Waals surface area contributed by atoms with Crippen LogP contribution in [-0.2, 0) is 11.2 Å². The molecular formula is C11H11N3O3S. The van der Waals surface area contributed by atoms with Crippen LogP contribution in [0.5, 0.6) is 5.88 Å². The van der Waals surface area contributed by atoms with E-state index >= 15 is 0 Å². The number of carbonyl (C=O) groups is 1. The molecule has 2 rings (SSSR count). The first-order chi connectivity index (χ1) is 8.60. The molecule has 0 radical (unpaired) electrons. The summed E-state index contributed by atoms with van der Waals surface area (Å²) in [6.07, 6.45) is -0.0208. The first kappa shape index (κ1) is 12.4. The van der Waals surface area contributed by atoms with Gasteiger partial charge in [0.25, 0.3) is 0 Å². The first-order valence-electron chi connectivity index (χ1n) is 5.16. The van der Waals surface area contributed by atoms with Crippen molar-refractivity contribution in [3.05, 3.63) is 22.7 Å². The lowest BCUT2D eigenvalue weighted by molar-refractivity contribution is -0.136. The van der Waals surface area contributed by atoms with Crippen molar-refractivity contribution in [3.63, 3.8) is 0 Å². The minimum absolute atomic E-state index is 0.0208. The molecule has 94 valence electrons. The predicted molar refractivity (Wildman–Crippen MR) is 65.8 cm³/mol. The molecule has 2 heterocycles. The van der Waals surface area contributed by atoms with Crippen LogP contribution in [0.25, 0.3) is 10.7 Å². The van der Waals surface area contributed by atoms with Crippen LogP contribution in [0, 0.1) is 6.92 Å². The predicted octanol–water partition coefficient (Wildman–Crippen LogP) is 1.54. The van der Waals surface area contributed by atoms with E-state index in [1.165, 1.54) is 18.4 Å². The number of hydrogen-bond donors (Lipinski definition) is 1. The van der Waals surface area contributed by atoms with Crippen molar-refractivity contribution in [1.29, 1.82) is 0 Å². The maximum atomic E-state index is 10.7. The molecule has 0 fully saturated rings. The van der Waals surface area contributed by atoms with Gasteiger partial charge >= 0.3 is 5.97 Å². The molecule has 0 bridgehead atoms. The van der Waals surface area contributed by atoms with Crippen molar-refractivity contribution in [2.24, 2.45) is 0 Å². The third-order valence-corrected chi connectivity index (χ3v) is 3.45. The zero-order valence-corrected chi connectivity index (χ0v) is 10.7. The number of hydrogen-bond acceptors (Lipinski definition) is 6. The maximum absolute atomic E-state index is 10.7. The molecular weight excluding hydrogens is 254 g/mol. The third kappa shape index (κ3) is 2.62. The van der Waals surface area contributed by atoms with Gasteiger partial charge in [0.15, 0.2) is 0 Å². The van der Waals surface area contributed by atoms with E-state index in [2.05, 4.69) is 15.2 Å². The zero-order valence-electron chi connectivity index (χ0n) is 9.88. The monoisotopic (exact) mass is 265 g/mol. The van der Waals surface area contributed by atoms with Crippen LogP contribution in [0.1, 0.15) is 10.6 Å². The molecule has 0 spiro atoms. The number of carboxylic acid groups (broad SMARTS) is 1. The van der Waals surface area contributed by atoms with Gasteiger partial charge in [0.05, 0.1) is 19.2 Å². The zero-order chi connectivity index (χ0) is 13.1. The van der Waals surface area contributed by atoms with Gasteiger partial charge in [0.1, 0.15) is 10.7 Å². The van der Waals surface area contributed by atoms with E-state index in [4.69, 9.17) is 9.84 Å². The highest BCUT2D eigenvalue weighted by Crippen LogP contribution is 2.27. The molecule has 2 aromatic rings. The summed E-state index contributed by atoms with van der Waals surface area (Å²) in [6, 6.07) is 3.44. The van der Waals surface area contributed by atoms with Crippen LogP contribution in [0.3, 0.4) is 0 Å². The fraction of sp³-hybridized carbons (Fsp3) is 0.273. The van der Waals surface area contributed by atoms with Crippen LogP contribution in [0.2, 0.25) is 0 Å². The second-order valence-corrected chi connectivity index (χ2v) is 4.64. The van der Waals surface area contributed by atoms with Gasteiger partial charge in [-0.2, -0.15) is 0 Å². The summed E-state index contributed by atoms with van der Waals surface area (Å²) < 4.78 is 4.92. The van der Waals surface area contributed by atoms with Crippen molar-refractivity contribution in [1.82, 2.24) is 15.2 Å². The van der Waals surface area contributed by atoms with Gasteiger partial charge in [-0.05, 0) is 13.0 Å². The van der Waals surface area contributed by atoms with Crippen molar-refractivity contribution in [3.8, 4) is 16.6 Å². The minimum atomic E-state index is -0.867. The van der Waals surface area contributed by atoms with E-state index in [9.17, 15) is 4.79 Å². The van der Waals surface area contributed by atoms with Gasteiger partial charge in [0.2, 0.25) is 5.88 Å². The summed E-state index contributed by atoms with van der Waals surface area (Å²) >= 11 is 1.32. The molecule has 0 unspecified atom stereocenters. The molecule has 0 aliphatic heterocycles. The summed E-state index contributed by atoms with van der Waals surface area (Å²) in [5.74, 6) is -0.438. The fourth-order valence-corrected chi connectivity index (χ4v) is 2.40. The molecule has 1 N–H and O–H groups in total. The topological polar surface area (TPSA) is 85.2 Å². The molecule has 0 aliphatic carbocycles. The fourth-order valence-electron chi connectivity index (χ4n) is 1.38. The number of aliphatic carboxylic acids is 1. The highest BCUT2D eigenvalue weighted by Gasteiger charge is 2.13. The van der Waals surface area contributed by atoms with E-state index in [-0.39, 0.29) is 6.42 Å². The molecule has 0 amide bonds. The Kier molecular flexibility index (Phi) is 3.52. The smallest absolute Gasteiger partial charge is 0.308 e. The van der Waals surface area contributed by atoms with Crippen LogP contribution >= 0.6 is 11.3 Å². The van der Waals surface area contributed by atoms with Crippen LogP contribution < -0.4 is 4.74 Å². The highest BCUT2D eigenvalue weighted by atomic mass is 32.1. The molecule has 18 heavy (non-hydrogen) atoms. The highest BCUT2D eigenvalue weighted by molar-refractivity contribution is 7.15. The average molecular weight is 265 g/mol. The Morgan fingerprint density at radius 3 is 2.78 bits per heavy atom. The average Bonchev–Trinajstić information content (AvgIpc) is 2.70. The maximum Gasteiger partial charge on any atom is 0.308 e. The second kappa shape index (κ2) is 5.09. The Morgan fingerprint density at radius 2 is 2.22 bits per heavy atom. The van der Waals surface area contributed by atoms with Gasteiger partial charge in [-0.15, -0.1) is 21.5 Å². The summed E-state index contributed by atoms with van der Waals surface area (Å²) in [5.41, 5.74) is 1.33. The Labute approximate surface area is 107 Å².